The number of aliphatic hydroxyl groups is 1. The second-order valence-electron chi connectivity index (χ2n) is 7.50. The number of rotatable bonds is 2. The minimum Gasteiger partial charge on any atom is -0.394 e. The first kappa shape index (κ1) is 16.7. The van der Waals surface area contributed by atoms with E-state index in [1.807, 2.05) is 0 Å². The maximum Gasteiger partial charge on any atom is 0.260 e. The molecule has 4 rings (SSSR count). The highest BCUT2D eigenvalue weighted by Crippen LogP contribution is 2.46. The third kappa shape index (κ3) is 2.24. The van der Waals surface area contributed by atoms with Gasteiger partial charge in [-0.1, -0.05) is 19.3 Å². The fourth-order valence-corrected chi connectivity index (χ4v) is 4.84. The van der Waals surface area contributed by atoms with Crippen molar-refractivity contribution in [2.45, 2.75) is 81.8 Å². The minimum atomic E-state index is -1.21. The number of nitrogens with one attached hydrogen (secondary N) is 1. The fourth-order valence-electron chi connectivity index (χ4n) is 4.44. The predicted molar refractivity (Wildman–Crippen MR) is 88.0 cm³/mol. The van der Waals surface area contributed by atoms with Crippen molar-refractivity contribution >= 4 is 23.2 Å². The summed E-state index contributed by atoms with van der Waals surface area (Å²) in [6, 6.07) is 0.111. The van der Waals surface area contributed by atoms with Gasteiger partial charge >= 0.3 is 0 Å². The molecule has 0 aromatic heterocycles. The van der Waals surface area contributed by atoms with Gasteiger partial charge in [-0.25, -0.2) is 0 Å². The predicted octanol–water partition coefficient (Wildman–Crippen LogP) is 0.643. The van der Waals surface area contributed by atoms with Gasteiger partial charge in [0.05, 0.1) is 6.61 Å². The van der Waals surface area contributed by atoms with Gasteiger partial charge in [-0.2, -0.15) is 0 Å². The van der Waals surface area contributed by atoms with Crippen molar-refractivity contribution < 1.29 is 24.1 Å². The number of hydrogen-bond acceptors (Lipinski definition) is 6. The number of hydrogen-bond donors (Lipinski definition) is 2. The lowest BCUT2D eigenvalue weighted by atomic mass is 9.87. The van der Waals surface area contributed by atoms with E-state index in [1.54, 1.807) is 18.7 Å². The Bertz CT molecular complexity index is 565. The summed E-state index contributed by atoms with van der Waals surface area (Å²) in [7, 11) is 0. The molecule has 0 bridgehead atoms. The van der Waals surface area contributed by atoms with Crippen LogP contribution >= 0.6 is 12.2 Å². The van der Waals surface area contributed by atoms with E-state index in [2.05, 4.69) is 5.32 Å². The SMILES string of the molecule is CC1(C)O[C@@H]2O[C@H](CO)[C@]3(NC(=S)N(C4CCCCC4)C3=O)[C@@H]2O1. The normalized spacial score (nSPS) is 42.0. The number of ether oxygens (including phenoxy) is 3. The van der Waals surface area contributed by atoms with Gasteiger partial charge in [-0.05, 0) is 38.9 Å². The summed E-state index contributed by atoms with van der Waals surface area (Å²) >= 11 is 5.49. The van der Waals surface area contributed by atoms with Gasteiger partial charge in [-0.15, -0.1) is 0 Å². The summed E-state index contributed by atoms with van der Waals surface area (Å²) in [4.78, 5) is 15.1. The lowest BCUT2D eigenvalue weighted by Gasteiger charge is -2.33. The molecule has 1 amide bonds. The molecule has 1 saturated carbocycles. The molecule has 0 aromatic rings. The molecular formula is C16H24N2O5S. The third-order valence-electron chi connectivity index (χ3n) is 5.52. The number of amides is 1. The van der Waals surface area contributed by atoms with Crippen molar-refractivity contribution in [1.82, 2.24) is 10.2 Å². The molecule has 4 fully saturated rings. The highest BCUT2D eigenvalue weighted by atomic mass is 32.1. The van der Waals surface area contributed by atoms with Gasteiger partial charge < -0.3 is 24.6 Å². The first-order valence-corrected chi connectivity index (χ1v) is 9.07. The van der Waals surface area contributed by atoms with Gasteiger partial charge in [0.1, 0.15) is 12.2 Å². The van der Waals surface area contributed by atoms with Gasteiger partial charge in [0.15, 0.2) is 22.7 Å². The van der Waals surface area contributed by atoms with E-state index >= 15 is 0 Å². The Kier molecular flexibility index (Phi) is 3.89. The zero-order valence-corrected chi connectivity index (χ0v) is 14.8. The van der Waals surface area contributed by atoms with Crippen LogP contribution in [-0.2, 0) is 19.0 Å². The Morgan fingerprint density at radius 3 is 2.67 bits per heavy atom. The first-order valence-electron chi connectivity index (χ1n) is 8.67. The van der Waals surface area contributed by atoms with Crippen LogP contribution in [0.1, 0.15) is 46.0 Å². The Hall–Kier alpha value is -0.800. The largest absolute Gasteiger partial charge is 0.394 e. The highest BCUT2D eigenvalue weighted by molar-refractivity contribution is 7.80. The monoisotopic (exact) mass is 356 g/mol. The van der Waals surface area contributed by atoms with Crippen molar-refractivity contribution in [1.29, 1.82) is 0 Å². The molecule has 8 heteroatoms. The van der Waals surface area contributed by atoms with Crippen LogP contribution < -0.4 is 5.32 Å². The molecule has 3 aliphatic heterocycles. The summed E-state index contributed by atoms with van der Waals surface area (Å²) in [5, 5.41) is 13.3. The van der Waals surface area contributed by atoms with Crippen LogP contribution in [0.5, 0.6) is 0 Å². The highest BCUT2D eigenvalue weighted by Gasteiger charge is 2.71. The Morgan fingerprint density at radius 2 is 2.00 bits per heavy atom. The van der Waals surface area contributed by atoms with Crippen molar-refractivity contribution in [3.05, 3.63) is 0 Å². The van der Waals surface area contributed by atoms with Crippen molar-refractivity contribution in [2.75, 3.05) is 6.61 Å². The van der Waals surface area contributed by atoms with Crippen LogP contribution in [0.3, 0.4) is 0 Å². The van der Waals surface area contributed by atoms with E-state index in [0.717, 1.165) is 25.7 Å². The maximum absolute atomic E-state index is 13.4. The van der Waals surface area contributed by atoms with Crippen LogP contribution in [0, 0.1) is 0 Å². The molecule has 3 saturated heterocycles. The average molecular weight is 356 g/mol. The van der Waals surface area contributed by atoms with Gasteiger partial charge in [0, 0.05) is 6.04 Å². The summed E-state index contributed by atoms with van der Waals surface area (Å²) in [6.07, 6.45) is 3.22. The number of thiocarbonyl (C=S) groups is 1. The molecule has 1 aliphatic carbocycles. The zero-order chi connectivity index (χ0) is 17.1. The summed E-state index contributed by atoms with van der Waals surface area (Å²) < 4.78 is 17.5. The minimum absolute atomic E-state index is 0.111. The van der Waals surface area contributed by atoms with E-state index in [1.165, 1.54) is 6.42 Å². The summed E-state index contributed by atoms with van der Waals surface area (Å²) in [5.41, 5.74) is -1.21. The molecule has 134 valence electrons. The van der Waals surface area contributed by atoms with Gasteiger partial charge in [0.25, 0.3) is 5.91 Å². The molecule has 7 nitrogen and oxygen atoms in total. The molecule has 4 aliphatic rings. The number of nitrogens with zero attached hydrogens (tertiary/aromatic N) is 1. The molecule has 4 atom stereocenters. The smallest absolute Gasteiger partial charge is 0.260 e. The van der Waals surface area contributed by atoms with E-state index in [9.17, 15) is 9.90 Å². The third-order valence-corrected chi connectivity index (χ3v) is 5.82. The molecule has 2 N–H and O–H groups in total. The number of carbonyl (C=O) groups excluding carboxylic acids is 1. The Balaban J connectivity index is 1.68. The molecule has 0 unspecified atom stereocenters. The molecule has 0 radical (unpaired) electrons. The lowest BCUT2D eigenvalue weighted by molar-refractivity contribution is -0.215. The van der Waals surface area contributed by atoms with Crippen molar-refractivity contribution in [2.24, 2.45) is 0 Å². The molecule has 1 spiro atoms. The van der Waals surface area contributed by atoms with E-state index in [4.69, 9.17) is 26.4 Å². The molecule has 24 heavy (non-hydrogen) atoms. The zero-order valence-electron chi connectivity index (χ0n) is 14.0. The lowest BCUT2D eigenvalue weighted by Crippen LogP contribution is -2.62. The standard InChI is InChI=1S/C16H24N2O5S/c1-15(2)22-11-12(23-15)21-10(8-19)16(11)13(20)18(14(24)17-16)9-6-4-3-5-7-9/h9-12,19H,3-8H2,1-2H3,(H,17,24)/t10-,11-,12+,16+/m1/s1. The second-order valence-corrected chi connectivity index (χ2v) is 7.88. The number of aliphatic hydroxyl groups excluding tert-OH is 1. The molecular weight excluding hydrogens is 332 g/mol. The van der Waals surface area contributed by atoms with Crippen LogP contribution in [0.15, 0.2) is 0 Å². The molecule has 0 aromatic carbocycles. The van der Waals surface area contributed by atoms with Gasteiger partial charge in [-0.3, -0.25) is 9.69 Å². The Labute approximate surface area is 146 Å². The number of carbonyl (C=O) groups is 1. The Morgan fingerprint density at radius 1 is 1.29 bits per heavy atom. The summed E-state index contributed by atoms with van der Waals surface area (Å²) in [5.74, 6) is -1.00. The number of fused-ring (bicyclic) bond motifs is 2. The average Bonchev–Trinajstić information content (AvgIpc) is 3.09. The van der Waals surface area contributed by atoms with E-state index in [-0.39, 0.29) is 18.6 Å². The van der Waals surface area contributed by atoms with Crippen molar-refractivity contribution in [3.8, 4) is 0 Å². The van der Waals surface area contributed by atoms with Crippen LogP contribution in [0.25, 0.3) is 0 Å². The van der Waals surface area contributed by atoms with E-state index < -0.39 is 29.8 Å². The molecule has 3 heterocycles. The van der Waals surface area contributed by atoms with E-state index in [0.29, 0.717) is 5.11 Å². The van der Waals surface area contributed by atoms with Crippen LogP contribution in [-0.4, -0.2) is 63.5 Å². The fraction of sp³-hybridized carbons (Fsp3) is 0.875. The first-order chi connectivity index (χ1) is 11.4. The summed E-state index contributed by atoms with van der Waals surface area (Å²) in [6.45, 7) is 3.26. The maximum atomic E-state index is 13.4. The van der Waals surface area contributed by atoms with Crippen molar-refractivity contribution in [3.63, 3.8) is 0 Å². The second kappa shape index (κ2) is 5.60. The van der Waals surface area contributed by atoms with Crippen LogP contribution in [0.2, 0.25) is 0 Å². The van der Waals surface area contributed by atoms with Gasteiger partial charge in [0.2, 0.25) is 0 Å². The quantitative estimate of drug-likeness (QED) is 0.703. The van der Waals surface area contributed by atoms with Crippen LogP contribution in [0.4, 0.5) is 0 Å². The topological polar surface area (TPSA) is 80.3 Å².